The Morgan fingerprint density at radius 1 is 1.27 bits per heavy atom. The quantitative estimate of drug-likeness (QED) is 0.590. The molecule has 3 rings (SSSR count). The number of nitrogens with zero attached hydrogens (tertiary/aromatic N) is 5. The van der Waals surface area contributed by atoms with E-state index in [1.165, 1.54) is 0 Å². The maximum absolute atomic E-state index is 12.8. The van der Waals surface area contributed by atoms with E-state index in [9.17, 15) is 9.90 Å². The van der Waals surface area contributed by atoms with Crippen LogP contribution < -0.4 is 5.56 Å². The first kappa shape index (κ1) is 22.1. The molecule has 0 amide bonds. The van der Waals surface area contributed by atoms with Crippen molar-refractivity contribution in [2.75, 3.05) is 13.2 Å². The predicted molar refractivity (Wildman–Crippen MR) is 117 cm³/mol. The molecule has 8 heteroatoms. The molecule has 8 nitrogen and oxygen atoms in total. The van der Waals surface area contributed by atoms with Crippen LogP contribution in [0, 0.1) is 6.92 Å². The van der Waals surface area contributed by atoms with Crippen LogP contribution in [-0.2, 0) is 12.1 Å². The van der Waals surface area contributed by atoms with Crippen molar-refractivity contribution in [3.63, 3.8) is 0 Å². The van der Waals surface area contributed by atoms with E-state index < -0.39 is 0 Å². The second kappa shape index (κ2) is 9.06. The van der Waals surface area contributed by atoms with E-state index in [2.05, 4.69) is 53.1 Å². The third kappa shape index (κ3) is 4.76. The fourth-order valence-corrected chi connectivity index (χ4v) is 3.80. The van der Waals surface area contributed by atoms with E-state index in [4.69, 9.17) is 0 Å². The highest BCUT2D eigenvalue weighted by Crippen LogP contribution is 2.28. The Kier molecular flexibility index (Phi) is 6.67. The monoisotopic (exact) mass is 412 g/mol. The van der Waals surface area contributed by atoms with Gasteiger partial charge in [-0.25, -0.2) is 4.68 Å². The van der Waals surface area contributed by atoms with Crippen LogP contribution in [0.15, 0.2) is 29.1 Å². The lowest BCUT2D eigenvalue weighted by atomic mass is 10.0. The molecule has 0 spiro atoms. The van der Waals surface area contributed by atoms with Crippen molar-refractivity contribution in [2.45, 2.75) is 65.6 Å². The number of hydrogen-bond donors (Lipinski definition) is 2. The van der Waals surface area contributed by atoms with Crippen molar-refractivity contribution in [1.29, 1.82) is 0 Å². The number of aliphatic hydroxyl groups is 1. The number of pyridine rings is 1. The minimum Gasteiger partial charge on any atom is -0.395 e. The molecular formula is C22H32N6O2. The highest BCUT2D eigenvalue weighted by atomic mass is 16.3. The van der Waals surface area contributed by atoms with Gasteiger partial charge in [0, 0.05) is 24.2 Å². The summed E-state index contributed by atoms with van der Waals surface area (Å²) in [5.41, 5.74) is 2.22. The lowest BCUT2D eigenvalue weighted by Gasteiger charge is -2.32. The van der Waals surface area contributed by atoms with Gasteiger partial charge in [-0.3, -0.25) is 9.69 Å². The summed E-state index contributed by atoms with van der Waals surface area (Å²) in [6, 6.07) is 7.86. The summed E-state index contributed by atoms with van der Waals surface area (Å²) in [6.45, 7) is 11.1. The second-order valence-corrected chi connectivity index (χ2v) is 8.83. The summed E-state index contributed by atoms with van der Waals surface area (Å²) in [5, 5.41) is 23.2. The molecule has 0 saturated carbocycles. The number of aliphatic hydroxyl groups excluding tert-OH is 1. The minimum absolute atomic E-state index is 0.0119. The van der Waals surface area contributed by atoms with Crippen LogP contribution >= 0.6 is 0 Å². The first-order valence-electron chi connectivity index (χ1n) is 10.5. The van der Waals surface area contributed by atoms with E-state index in [1.54, 1.807) is 0 Å². The van der Waals surface area contributed by atoms with Crippen LogP contribution in [-0.4, -0.2) is 48.3 Å². The lowest BCUT2D eigenvalue weighted by molar-refractivity contribution is 0.123. The van der Waals surface area contributed by atoms with Gasteiger partial charge >= 0.3 is 0 Å². The number of fused-ring (bicyclic) bond motifs is 1. The second-order valence-electron chi connectivity index (χ2n) is 8.83. The zero-order valence-corrected chi connectivity index (χ0v) is 18.5. The van der Waals surface area contributed by atoms with Gasteiger partial charge in [-0.05, 0) is 67.6 Å². The summed E-state index contributed by atoms with van der Waals surface area (Å²) in [6.07, 6.45) is 1.75. The molecular weight excluding hydrogens is 380 g/mol. The SMILES string of the molecule is CCC[C@H](c1nnnn1C(C)(C)C)N(CCO)Cc1cc2ccc(C)cc2[nH]c1=O. The van der Waals surface area contributed by atoms with Gasteiger partial charge in [0.25, 0.3) is 5.56 Å². The average molecular weight is 413 g/mol. The number of rotatable bonds is 8. The van der Waals surface area contributed by atoms with Crippen molar-refractivity contribution in [1.82, 2.24) is 30.1 Å². The van der Waals surface area contributed by atoms with E-state index in [0.29, 0.717) is 18.7 Å². The summed E-state index contributed by atoms with van der Waals surface area (Å²) >= 11 is 0. The Morgan fingerprint density at radius 3 is 2.70 bits per heavy atom. The zero-order chi connectivity index (χ0) is 21.9. The van der Waals surface area contributed by atoms with E-state index in [1.807, 2.05) is 35.9 Å². The highest BCUT2D eigenvalue weighted by molar-refractivity contribution is 5.79. The summed E-state index contributed by atoms with van der Waals surface area (Å²) < 4.78 is 1.84. The molecule has 162 valence electrons. The molecule has 0 aliphatic carbocycles. The largest absolute Gasteiger partial charge is 0.395 e. The van der Waals surface area contributed by atoms with Crippen LogP contribution in [0.2, 0.25) is 0 Å². The predicted octanol–water partition coefficient (Wildman–Crippen LogP) is 2.91. The highest BCUT2D eigenvalue weighted by Gasteiger charge is 2.29. The number of aromatic nitrogens is 5. The Morgan fingerprint density at radius 2 is 2.03 bits per heavy atom. The Bertz CT molecular complexity index is 1050. The van der Waals surface area contributed by atoms with Gasteiger partial charge in [-0.2, -0.15) is 0 Å². The molecule has 1 aromatic carbocycles. The number of benzene rings is 1. The zero-order valence-electron chi connectivity index (χ0n) is 18.5. The number of aromatic amines is 1. The maximum atomic E-state index is 12.8. The standard InChI is InChI=1S/C22H32N6O2/c1-6-7-19(20-24-25-26-28(20)22(3,4)5)27(10-11-29)14-17-13-16-9-8-15(2)12-18(16)23-21(17)30/h8-9,12-13,19,29H,6-7,10-11,14H2,1-5H3,(H,23,30)/t19-/m1/s1. The average Bonchev–Trinajstić information content (AvgIpc) is 3.16. The molecule has 0 aliphatic heterocycles. The smallest absolute Gasteiger partial charge is 0.252 e. The third-order valence-electron chi connectivity index (χ3n) is 5.27. The molecule has 2 heterocycles. The normalized spacial score (nSPS) is 13.3. The number of tetrazole rings is 1. The van der Waals surface area contributed by atoms with Crippen LogP contribution in [0.4, 0.5) is 0 Å². The minimum atomic E-state index is -0.270. The fraction of sp³-hybridized carbons (Fsp3) is 0.545. The maximum Gasteiger partial charge on any atom is 0.252 e. The van der Waals surface area contributed by atoms with Crippen molar-refractivity contribution >= 4 is 10.9 Å². The number of aryl methyl sites for hydroxylation is 1. The number of hydrogen-bond acceptors (Lipinski definition) is 6. The molecule has 30 heavy (non-hydrogen) atoms. The molecule has 0 unspecified atom stereocenters. The molecule has 2 N–H and O–H groups in total. The van der Waals surface area contributed by atoms with Crippen LogP contribution in [0.5, 0.6) is 0 Å². The van der Waals surface area contributed by atoms with Gasteiger partial charge in [-0.1, -0.05) is 25.5 Å². The molecule has 3 aromatic rings. The summed E-state index contributed by atoms with van der Waals surface area (Å²) in [5.74, 6) is 0.755. The Balaban J connectivity index is 2.00. The van der Waals surface area contributed by atoms with Gasteiger partial charge < -0.3 is 10.1 Å². The Hall–Kier alpha value is -2.58. The van der Waals surface area contributed by atoms with Gasteiger partial charge in [0.05, 0.1) is 18.2 Å². The van der Waals surface area contributed by atoms with Crippen LogP contribution in [0.3, 0.4) is 0 Å². The molecule has 0 saturated heterocycles. The number of H-pyrrole nitrogens is 1. The molecule has 0 fully saturated rings. The van der Waals surface area contributed by atoms with Crippen molar-refractivity contribution in [3.8, 4) is 0 Å². The first-order valence-corrected chi connectivity index (χ1v) is 10.5. The Labute approximate surface area is 176 Å². The first-order chi connectivity index (χ1) is 14.2. The summed E-state index contributed by atoms with van der Waals surface area (Å²) in [4.78, 5) is 17.9. The van der Waals surface area contributed by atoms with Gasteiger partial charge in [0.2, 0.25) is 0 Å². The molecule has 0 radical (unpaired) electrons. The van der Waals surface area contributed by atoms with Gasteiger partial charge in [-0.15, -0.1) is 5.10 Å². The van der Waals surface area contributed by atoms with Gasteiger partial charge in [0.15, 0.2) is 5.82 Å². The van der Waals surface area contributed by atoms with Crippen molar-refractivity contribution in [3.05, 3.63) is 51.6 Å². The van der Waals surface area contributed by atoms with Gasteiger partial charge in [0.1, 0.15) is 0 Å². The van der Waals surface area contributed by atoms with Crippen LogP contribution in [0.25, 0.3) is 10.9 Å². The van der Waals surface area contributed by atoms with Crippen molar-refractivity contribution in [2.24, 2.45) is 0 Å². The lowest BCUT2D eigenvalue weighted by Crippen LogP contribution is -2.37. The number of nitrogens with one attached hydrogen (secondary N) is 1. The van der Waals surface area contributed by atoms with Crippen molar-refractivity contribution < 1.29 is 5.11 Å². The van der Waals surface area contributed by atoms with E-state index in [-0.39, 0.29) is 23.7 Å². The summed E-state index contributed by atoms with van der Waals surface area (Å²) in [7, 11) is 0. The fourth-order valence-electron chi connectivity index (χ4n) is 3.80. The topological polar surface area (TPSA) is 99.9 Å². The van der Waals surface area contributed by atoms with E-state index in [0.717, 1.165) is 35.1 Å². The van der Waals surface area contributed by atoms with Crippen LogP contribution in [0.1, 0.15) is 63.5 Å². The third-order valence-corrected chi connectivity index (χ3v) is 5.27. The van der Waals surface area contributed by atoms with E-state index >= 15 is 0 Å². The molecule has 2 aromatic heterocycles. The molecule has 0 bridgehead atoms. The molecule has 0 aliphatic rings. The molecule has 1 atom stereocenters.